The number of rotatable bonds is 7. The fraction of sp³-hybridized carbons (Fsp3) is 0.333. The van der Waals surface area contributed by atoms with Crippen LogP contribution >= 0.6 is 23.5 Å². The van der Waals surface area contributed by atoms with Crippen LogP contribution in [-0.4, -0.2) is 39.3 Å². The van der Waals surface area contributed by atoms with Gasteiger partial charge in [0.05, 0.1) is 11.4 Å². The van der Waals surface area contributed by atoms with Crippen LogP contribution in [0.2, 0.25) is 0 Å². The second-order valence-electron chi connectivity index (χ2n) is 6.51. The zero-order chi connectivity index (χ0) is 21.5. The minimum absolute atomic E-state index is 0.408. The Morgan fingerprint density at radius 2 is 1.17 bits per heavy atom. The van der Waals surface area contributed by atoms with Gasteiger partial charge in [-0.1, -0.05) is 47.8 Å². The van der Waals surface area contributed by atoms with Crippen molar-refractivity contribution in [1.29, 1.82) is 0 Å². The number of nitrogens with zero attached hydrogens (tertiary/aromatic N) is 2. The topological polar surface area (TPSA) is 111 Å². The number of benzene rings is 2. The van der Waals surface area contributed by atoms with Gasteiger partial charge in [0.2, 0.25) is 8.65 Å². The second-order valence-corrected chi connectivity index (χ2v) is 11.6. The van der Waals surface area contributed by atoms with E-state index in [9.17, 15) is 17.5 Å². The predicted molar refractivity (Wildman–Crippen MR) is 120 cm³/mol. The lowest BCUT2D eigenvalue weighted by atomic mass is 10.3. The summed E-state index contributed by atoms with van der Waals surface area (Å²) in [7, 11) is 0. The largest absolute Gasteiger partial charge is 0.769 e. The minimum Gasteiger partial charge on any atom is -0.769 e. The lowest BCUT2D eigenvalue weighted by molar-refractivity contribution is 0.386. The van der Waals surface area contributed by atoms with Gasteiger partial charge in [0, 0.05) is 22.9 Å². The number of anilines is 2. The van der Waals surface area contributed by atoms with Gasteiger partial charge in [-0.25, -0.2) is 10.9 Å². The Hall–Kier alpha value is -1.12. The highest BCUT2D eigenvalue weighted by Crippen LogP contribution is 2.52. The van der Waals surface area contributed by atoms with Gasteiger partial charge < -0.3 is 18.9 Å². The Kier molecular flexibility index (Phi) is 6.21. The molecular weight excluding hydrogens is 464 g/mol. The molecule has 0 aliphatic carbocycles. The summed E-state index contributed by atoms with van der Waals surface area (Å²) in [6, 6.07) is 14.8. The smallest absolute Gasteiger partial charge is 0.221 e. The quantitative estimate of drug-likeness (QED) is 0.449. The number of para-hydroxylation sites is 2. The summed E-state index contributed by atoms with van der Waals surface area (Å²) in [6.45, 7) is 4.52. The van der Waals surface area contributed by atoms with Gasteiger partial charge in [0.15, 0.2) is 0 Å². The van der Waals surface area contributed by atoms with Crippen LogP contribution in [0.25, 0.3) is 0 Å². The maximum atomic E-state index is 12.5. The summed E-state index contributed by atoms with van der Waals surface area (Å²) in [5.41, 5.74) is 7.30. The number of thioether (sulfide) groups is 2. The molecule has 2 N–H and O–H groups in total. The standard InChI is InChI=1S/C18H22N4O4S4/c1-3-21-13-9-5-7-11-15(13)27-17(21,29(23)24)19-20-18(30(25)26)22(4-2)14-10-6-8-12-16(14)28-18/h5-12,19-20H,3-4H2,1-2H3,(H,23,24)(H,25,26)/p-2. The molecule has 4 rings (SSSR count). The highest BCUT2D eigenvalue weighted by atomic mass is 32.2. The molecule has 0 spiro atoms. The van der Waals surface area contributed by atoms with Crippen LogP contribution in [0.1, 0.15) is 13.8 Å². The Labute approximate surface area is 188 Å². The predicted octanol–water partition coefficient (Wildman–Crippen LogP) is 2.33. The van der Waals surface area contributed by atoms with E-state index in [1.54, 1.807) is 9.80 Å². The summed E-state index contributed by atoms with van der Waals surface area (Å²) >= 11 is -2.98. The van der Waals surface area contributed by atoms with Crippen molar-refractivity contribution < 1.29 is 17.5 Å². The third-order valence-corrected chi connectivity index (χ3v) is 10.2. The molecule has 2 aliphatic rings. The summed E-state index contributed by atoms with van der Waals surface area (Å²) in [4.78, 5) is 5.00. The van der Waals surface area contributed by atoms with E-state index in [-0.39, 0.29) is 0 Å². The van der Waals surface area contributed by atoms with E-state index in [2.05, 4.69) is 10.9 Å². The fourth-order valence-electron chi connectivity index (χ4n) is 3.69. The summed E-state index contributed by atoms with van der Waals surface area (Å²) in [6.07, 6.45) is 0. The molecule has 0 saturated heterocycles. The van der Waals surface area contributed by atoms with E-state index in [0.717, 1.165) is 44.7 Å². The monoisotopic (exact) mass is 484 g/mol. The molecule has 12 heteroatoms. The molecule has 0 bridgehead atoms. The van der Waals surface area contributed by atoms with Crippen LogP contribution in [0.5, 0.6) is 0 Å². The van der Waals surface area contributed by atoms with Gasteiger partial charge >= 0.3 is 0 Å². The maximum absolute atomic E-state index is 12.5. The van der Waals surface area contributed by atoms with Crippen molar-refractivity contribution in [3.63, 3.8) is 0 Å². The first-order valence-corrected chi connectivity index (χ1v) is 13.0. The average molecular weight is 485 g/mol. The summed E-state index contributed by atoms with van der Waals surface area (Å²) in [5.74, 6) is 0. The van der Waals surface area contributed by atoms with E-state index in [1.807, 2.05) is 62.4 Å². The lowest BCUT2D eigenvalue weighted by Gasteiger charge is -2.46. The average Bonchev–Trinajstić information content (AvgIpc) is 3.25. The lowest BCUT2D eigenvalue weighted by Crippen LogP contribution is -2.70. The molecule has 0 aromatic heterocycles. The number of hydrogen-bond acceptors (Lipinski definition) is 10. The van der Waals surface area contributed by atoms with Gasteiger partial charge in [-0.3, -0.25) is 8.42 Å². The molecule has 0 radical (unpaired) electrons. The number of hydrogen-bond donors (Lipinski definition) is 2. The molecule has 0 amide bonds. The summed E-state index contributed by atoms with van der Waals surface area (Å²) < 4.78 is 46.7. The zero-order valence-corrected chi connectivity index (χ0v) is 19.5. The molecule has 0 saturated carbocycles. The molecule has 4 unspecified atom stereocenters. The normalized spacial score (nSPS) is 27.1. The molecule has 2 aromatic rings. The van der Waals surface area contributed by atoms with E-state index >= 15 is 0 Å². The van der Waals surface area contributed by atoms with Crippen molar-refractivity contribution in [2.45, 2.75) is 32.3 Å². The van der Waals surface area contributed by atoms with Crippen LogP contribution < -0.4 is 20.7 Å². The highest BCUT2D eigenvalue weighted by molar-refractivity contribution is 8.12. The zero-order valence-electron chi connectivity index (χ0n) is 16.2. The van der Waals surface area contributed by atoms with E-state index < -0.39 is 30.8 Å². The fourth-order valence-corrected chi connectivity index (χ4v) is 8.19. The molecule has 8 nitrogen and oxygen atoms in total. The van der Waals surface area contributed by atoms with Crippen LogP contribution in [0.4, 0.5) is 11.4 Å². The molecule has 2 aromatic carbocycles. The van der Waals surface area contributed by atoms with Crippen LogP contribution in [0.15, 0.2) is 58.3 Å². The van der Waals surface area contributed by atoms with Crippen LogP contribution in [0, 0.1) is 0 Å². The van der Waals surface area contributed by atoms with Crippen molar-refractivity contribution in [3.8, 4) is 0 Å². The van der Waals surface area contributed by atoms with E-state index in [1.165, 1.54) is 0 Å². The highest BCUT2D eigenvalue weighted by Gasteiger charge is 2.51. The van der Waals surface area contributed by atoms with Crippen molar-refractivity contribution in [2.24, 2.45) is 0 Å². The number of nitrogens with one attached hydrogen (secondary N) is 2. The minimum atomic E-state index is -2.61. The summed E-state index contributed by atoms with van der Waals surface area (Å²) in [5, 5.41) is 0. The first kappa shape index (κ1) is 22.1. The third-order valence-electron chi connectivity index (χ3n) is 4.98. The molecule has 2 aliphatic heterocycles. The van der Waals surface area contributed by atoms with Crippen LogP contribution in [0.3, 0.4) is 0 Å². The maximum Gasteiger partial charge on any atom is 0.221 e. The van der Waals surface area contributed by atoms with Gasteiger partial charge in [0.1, 0.15) is 0 Å². The van der Waals surface area contributed by atoms with Crippen LogP contribution in [-0.2, 0) is 22.2 Å². The van der Waals surface area contributed by atoms with Crippen molar-refractivity contribution in [2.75, 3.05) is 22.9 Å². The van der Waals surface area contributed by atoms with Crippen molar-refractivity contribution >= 4 is 57.1 Å². The molecule has 4 atom stereocenters. The number of fused-ring (bicyclic) bond motifs is 2. The first-order chi connectivity index (χ1) is 14.4. The molecule has 30 heavy (non-hydrogen) atoms. The molecule has 0 fully saturated rings. The Morgan fingerprint density at radius 3 is 1.50 bits per heavy atom. The molecule has 162 valence electrons. The first-order valence-electron chi connectivity index (χ1n) is 9.24. The molecule has 2 heterocycles. The van der Waals surface area contributed by atoms with Gasteiger partial charge in [0.25, 0.3) is 0 Å². The SMILES string of the molecule is CCN1c2ccccc2SC1(NNC1(S(=O)[O-])Sc2ccccc2N1CC)S(=O)[O-]. The van der Waals surface area contributed by atoms with Gasteiger partial charge in [-0.2, -0.15) is 0 Å². The Bertz CT molecular complexity index is 932. The Morgan fingerprint density at radius 1 is 0.800 bits per heavy atom. The van der Waals surface area contributed by atoms with Gasteiger partial charge in [-0.05, 0) is 60.3 Å². The van der Waals surface area contributed by atoms with Crippen molar-refractivity contribution in [3.05, 3.63) is 48.5 Å². The van der Waals surface area contributed by atoms with Gasteiger partial charge in [-0.15, -0.1) is 0 Å². The second kappa shape index (κ2) is 8.43. The van der Waals surface area contributed by atoms with E-state index in [0.29, 0.717) is 13.1 Å². The third kappa shape index (κ3) is 3.30. The Balaban J connectivity index is 1.71. The van der Waals surface area contributed by atoms with Crippen molar-refractivity contribution in [1.82, 2.24) is 10.9 Å². The number of hydrazine groups is 1. The van der Waals surface area contributed by atoms with E-state index in [4.69, 9.17) is 0 Å². The molecular formula is C18H20N4O4S4-2.